The number of rotatable bonds is 1. The lowest BCUT2D eigenvalue weighted by Crippen LogP contribution is -2.51. The van der Waals surface area contributed by atoms with Crippen molar-refractivity contribution in [2.24, 2.45) is 16.9 Å². The van der Waals surface area contributed by atoms with Gasteiger partial charge in [-0.15, -0.1) is 0 Å². The van der Waals surface area contributed by atoms with Crippen LogP contribution in [0.3, 0.4) is 0 Å². The number of likely N-dealkylation sites (tertiary alicyclic amines) is 1. The van der Waals surface area contributed by atoms with Crippen molar-refractivity contribution in [2.45, 2.75) is 71.7 Å². The van der Waals surface area contributed by atoms with Crippen molar-refractivity contribution >= 4 is 8.41 Å². The molecular formula is C15H33BN3O. The molecule has 2 fully saturated rings. The zero-order valence-corrected chi connectivity index (χ0v) is 13.9. The van der Waals surface area contributed by atoms with E-state index in [2.05, 4.69) is 25.7 Å². The zero-order chi connectivity index (χ0) is 14.6. The second-order valence-corrected chi connectivity index (χ2v) is 6.78. The quantitative estimate of drug-likeness (QED) is 0.709. The molecule has 2 saturated heterocycles. The number of hydrogen-bond acceptors (Lipinski definition) is 4. The highest BCUT2D eigenvalue weighted by molar-refractivity contribution is 5.75. The second-order valence-electron chi connectivity index (χ2n) is 6.78. The smallest absolute Gasteiger partial charge is 0.0704 e. The Bertz CT molecular complexity index is 263. The van der Waals surface area contributed by atoms with Gasteiger partial charge in [-0.25, -0.2) is 0 Å². The number of nitrogens with zero attached hydrogens (tertiary/aromatic N) is 1. The Morgan fingerprint density at radius 3 is 1.90 bits per heavy atom. The Hall–Kier alpha value is -0.0951. The van der Waals surface area contributed by atoms with E-state index in [9.17, 15) is 0 Å². The first-order chi connectivity index (χ1) is 8.78. The van der Waals surface area contributed by atoms with Crippen LogP contribution in [0.2, 0.25) is 0 Å². The predicted molar refractivity (Wildman–Crippen MR) is 86.8 cm³/mol. The van der Waals surface area contributed by atoms with Gasteiger partial charge in [-0.05, 0) is 52.7 Å². The van der Waals surface area contributed by atoms with Crippen molar-refractivity contribution in [3.05, 3.63) is 0 Å². The van der Waals surface area contributed by atoms with Gasteiger partial charge in [-0.3, -0.25) is 0 Å². The van der Waals surface area contributed by atoms with Gasteiger partial charge in [-0.1, -0.05) is 13.8 Å². The Morgan fingerprint density at radius 2 is 1.60 bits per heavy atom. The highest BCUT2D eigenvalue weighted by Gasteiger charge is 2.47. The number of nitrogens with two attached hydrogens (primary N) is 2. The SMILES string of the molecule is CC(C)N.CC(C)N1CCC2(CC1)CO[C@@H](C)[C@H]2N.[B]. The molecule has 2 heterocycles. The molecule has 117 valence electrons. The van der Waals surface area contributed by atoms with Crippen molar-refractivity contribution in [2.75, 3.05) is 19.7 Å². The molecule has 4 nitrogen and oxygen atoms in total. The van der Waals surface area contributed by atoms with Gasteiger partial charge in [0.05, 0.1) is 12.7 Å². The fourth-order valence-electron chi connectivity index (χ4n) is 2.96. The van der Waals surface area contributed by atoms with Gasteiger partial charge in [-0.2, -0.15) is 0 Å². The van der Waals surface area contributed by atoms with Gasteiger partial charge in [0.25, 0.3) is 0 Å². The summed E-state index contributed by atoms with van der Waals surface area (Å²) in [7, 11) is 0. The maximum absolute atomic E-state index is 6.27. The monoisotopic (exact) mass is 282 g/mol. The van der Waals surface area contributed by atoms with Crippen molar-refractivity contribution < 1.29 is 4.74 Å². The summed E-state index contributed by atoms with van der Waals surface area (Å²) in [4.78, 5) is 2.54. The van der Waals surface area contributed by atoms with E-state index < -0.39 is 0 Å². The van der Waals surface area contributed by atoms with Crippen LogP contribution in [0.4, 0.5) is 0 Å². The van der Waals surface area contributed by atoms with E-state index in [4.69, 9.17) is 16.2 Å². The maximum atomic E-state index is 6.27. The van der Waals surface area contributed by atoms with Crippen molar-refractivity contribution in [3.63, 3.8) is 0 Å². The second kappa shape index (κ2) is 8.37. The van der Waals surface area contributed by atoms with Gasteiger partial charge in [0.2, 0.25) is 0 Å². The van der Waals surface area contributed by atoms with Crippen LogP contribution in [-0.4, -0.2) is 57.2 Å². The first-order valence-corrected chi connectivity index (χ1v) is 7.65. The average molecular weight is 282 g/mol. The number of ether oxygens (including phenoxy) is 1. The van der Waals surface area contributed by atoms with Crippen LogP contribution in [0.25, 0.3) is 0 Å². The van der Waals surface area contributed by atoms with Crippen LogP contribution in [0.5, 0.6) is 0 Å². The number of hydrogen-bond donors (Lipinski definition) is 2. The molecule has 0 aromatic heterocycles. The van der Waals surface area contributed by atoms with Gasteiger partial charge >= 0.3 is 0 Å². The van der Waals surface area contributed by atoms with Gasteiger partial charge in [0.1, 0.15) is 0 Å². The lowest BCUT2D eigenvalue weighted by atomic mass is 9.73. The third-order valence-corrected chi connectivity index (χ3v) is 4.37. The Labute approximate surface area is 127 Å². The Morgan fingerprint density at radius 1 is 1.15 bits per heavy atom. The molecule has 3 radical (unpaired) electrons. The summed E-state index contributed by atoms with van der Waals surface area (Å²) >= 11 is 0. The van der Waals surface area contributed by atoms with E-state index in [1.165, 1.54) is 25.9 Å². The molecule has 0 aromatic rings. The van der Waals surface area contributed by atoms with E-state index in [0.717, 1.165) is 6.61 Å². The first-order valence-electron chi connectivity index (χ1n) is 7.65. The van der Waals surface area contributed by atoms with E-state index >= 15 is 0 Å². The van der Waals surface area contributed by atoms with E-state index in [1.54, 1.807) is 0 Å². The molecular weight excluding hydrogens is 249 g/mol. The Balaban J connectivity index is 0.000000644. The molecule has 0 amide bonds. The molecule has 0 saturated carbocycles. The molecule has 0 unspecified atom stereocenters. The highest BCUT2D eigenvalue weighted by Crippen LogP contribution is 2.41. The minimum absolute atomic E-state index is 0. The maximum Gasteiger partial charge on any atom is 0.0704 e. The van der Waals surface area contributed by atoms with Gasteiger partial charge in [0.15, 0.2) is 0 Å². The fraction of sp³-hybridized carbons (Fsp3) is 1.00. The average Bonchev–Trinajstić information content (AvgIpc) is 2.58. The van der Waals surface area contributed by atoms with Gasteiger partial charge in [0, 0.05) is 25.9 Å². The molecule has 4 N–H and O–H groups in total. The lowest BCUT2D eigenvalue weighted by Gasteiger charge is -2.42. The third-order valence-electron chi connectivity index (χ3n) is 4.37. The highest BCUT2D eigenvalue weighted by atomic mass is 16.5. The molecule has 2 aliphatic rings. The van der Waals surface area contributed by atoms with Crippen molar-refractivity contribution in [1.29, 1.82) is 0 Å². The molecule has 2 aliphatic heterocycles. The summed E-state index contributed by atoms with van der Waals surface area (Å²) in [6.45, 7) is 13.8. The fourth-order valence-corrected chi connectivity index (χ4v) is 2.96. The standard InChI is InChI=1S/C12H24N2O.C3H9N.B/c1-9(2)14-6-4-12(5-7-14)8-15-10(3)11(12)13;1-3(2)4;/h9-11H,4-8,13H2,1-3H3;3H,4H2,1-2H3;/t10-,11+;;/m0../s1. The van der Waals surface area contributed by atoms with Crippen LogP contribution < -0.4 is 11.5 Å². The summed E-state index contributed by atoms with van der Waals surface area (Å²) in [6, 6.07) is 1.24. The van der Waals surface area contributed by atoms with Gasteiger partial charge < -0.3 is 21.1 Å². The third kappa shape index (κ3) is 5.03. The lowest BCUT2D eigenvalue weighted by molar-refractivity contribution is 0.0566. The molecule has 2 atom stereocenters. The molecule has 0 aromatic carbocycles. The summed E-state index contributed by atoms with van der Waals surface area (Å²) < 4.78 is 5.71. The molecule has 0 aliphatic carbocycles. The summed E-state index contributed by atoms with van der Waals surface area (Å²) in [5.41, 5.74) is 11.7. The topological polar surface area (TPSA) is 64.5 Å². The first kappa shape index (κ1) is 19.9. The van der Waals surface area contributed by atoms with E-state index in [-0.39, 0.29) is 26.0 Å². The van der Waals surface area contributed by atoms with Crippen LogP contribution >= 0.6 is 0 Å². The molecule has 2 rings (SSSR count). The minimum atomic E-state index is 0. The van der Waals surface area contributed by atoms with Crippen LogP contribution in [0, 0.1) is 5.41 Å². The summed E-state index contributed by atoms with van der Waals surface area (Å²) in [5.74, 6) is 0. The van der Waals surface area contributed by atoms with Crippen LogP contribution in [0.15, 0.2) is 0 Å². The number of piperidine rings is 1. The molecule has 5 heteroatoms. The van der Waals surface area contributed by atoms with E-state index in [1.807, 2.05) is 13.8 Å². The van der Waals surface area contributed by atoms with E-state index in [0.29, 0.717) is 12.1 Å². The van der Waals surface area contributed by atoms with Crippen molar-refractivity contribution in [3.8, 4) is 0 Å². The van der Waals surface area contributed by atoms with Crippen LogP contribution in [-0.2, 0) is 4.74 Å². The minimum Gasteiger partial charge on any atom is -0.376 e. The molecule has 1 spiro atoms. The zero-order valence-electron chi connectivity index (χ0n) is 13.9. The molecule has 20 heavy (non-hydrogen) atoms. The summed E-state index contributed by atoms with van der Waals surface area (Å²) in [6.07, 6.45) is 2.66. The Kier molecular flexibility index (Phi) is 8.33. The van der Waals surface area contributed by atoms with Crippen molar-refractivity contribution in [1.82, 2.24) is 4.90 Å². The summed E-state index contributed by atoms with van der Waals surface area (Å²) in [5, 5.41) is 0. The predicted octanol–water partition coefficient (Wildman–Crippen LogP) is 1.20. The normalized spacial score (nSPS) is 29.2. The largest absolute Gasteiger partial charge is 0.376 e. The molecule has 0 bridgehead atoms. The van der Waals surface area contributed by atoms with Crippen LogP contribution in [0.1, 0.15) is 47.5 Å².